The van der Waals surface area contributed by atoms with E-state index in [1.54, 1.807) is 26.0 Å². The Balaban J connectivity index is 2.99. The van der Waals surface area contributed by atoms with Gasteiger partial charge >= 0.3 is 5.97 Å². The van der Waals surface area contributed by atoms with Gasteiger partial charge in [-0.05, 0) is 31.4 Å². The summed E-state index contributed by atoms with van der Waals surface area (Å²) in [5.41, 5.74) is 2.02. The Morgan fingerprint density at radius 2 is 2.07 bits per heavy atom. The first-order chi connectivity index (χ1) is 6.91. The smallest absolute Gasteiger partial charge is 0.306 e. The number of aliphatic carboxylic acids is 1. The molecule has 2 nitrogen and oxygen atoms in total. The zero-order valence-corrected chi connectivity index (χ0v) is 9.17. The Morgan fingerprint density at radius 3 is 2.60 bits per heavy atom. The van der Waals surface area contributed by atoms with Crippen molar-refractivity contribution in [2.24, 2.45) is 5.92 Å². The van der Waals surface area contributed by atoms with Gasteiger partial charge in [-0.15, -0.1) is 0 Å². The van der Waals surface area contributed by atoms with Crippen molar-refractivity contribution < 1.29 is 14.3 Å². The van der Waals surface area contributed by atoms with Crippen LogP contribution in [0.1, 0.15) is 23.6 Å². The standard InChI is InChI=1S/C12H15FO2/c1-7-4-8(2)11(13)10(5-7)6-9(3)12(14)15/h4-5,9H,6H2,1-3H3,(H,14,15). The van der Waals surface area contributed by atoms with Gasteiger partial charge in [0.15, 0.2) is 0 Å². The molecule has 0 heterocycles. The van der Waals surface area contributed by atoms with Crippen LogP contribution in [-0.2, 0) is 11.2 Å². The van der Waals surface area contributed by atoms with Crippen LogP contribution in [0.3, 0.4) is 0 Å². The summed E-state index contributed by atoms with van der Waals surface area (Å²) in [7, 11) is 0. The van der Waals surface area contributed by atoms with E-state index in [1.165, 1.54) is 0 Å². The molecule has 0 radical (unpaired) electrons. The monoisotopic (exact) mass is 210 g/mol. The molecule has 3 heteroatoms. The van der Waals surface area contributed by atoms with Gasteiger partial charge in [-0.3, -0.25) is 4.79 Å². The normalized spacial score (nSPS) is 12.5. The number of rotatable bonds is 3. The number of hydrogen-bond donors (Lipinski definition) is 1. The van der Waals surface area contributed by atoms with Crippen LogP contribution in [0.25, 0.3) is 0 Å². The molecule has 1 N–H and O–H groups in total. The maximum Gasteiger partial charge on any atom is 0.306 e. The van der Waals surface area contributed by atoms with E-state index in [4.69, 9.17) is 5.11 Å². The SMILES string of the molecule is Cc1cc(C)c(F)c(CC(C)C(=O)O)c1. The van der Waals surface area contributed by atoms with Gasteiger partial charge < -0.3 is 5.11 Å². The topological polar surface area (TPSA) is 37.3 Å². The van der Waals surface area contributed by atoms with E-state index in [1.807, 2.05) is 6.92 Å². The molecule has 1 aromatic carbocycles. The van der Waals surface area contributed by atoms with Gasteiger partial charge in [0.1, 0.15) is 5.82 Å². The fourth-order valence-electron chi connectivity index (χ4n) is 1.60. The van der Waals surface area contributed by atoms with Gasteiger partial charge in [0, 0.05) is 0 Å². The van der Waals surface area contributed by atoms with Crippen LogP contribution in [0.5, 0.6) is 0 Å². The molecule has 1 unspecified atom stereocenters. The van der Waals surface area contributed by atoms with Gasteiger partial charge in [0.05, 0.1) is 5.92 Å². The minimum absolute atomic E-state index is 0.240. The molecule has 0 aliphatic rings. The van der Waals surface area contributed by atoms with Crippen molar-refractivity contribution in [2.45, 2.75) is 27.2 Å². The average molecular weight is 210 g/mol. The summed E-state index contributed by atoms with van der Waals surface area (Å²) in [5, 5.41) is 8.75. The molecule has 0 aliphatic heterocycles. The number of aryl methyl sites for hydroxylation is 2. The Labute approximate surface area is 88.7 Å². The summed E-state index contributed by atoms with van der Waals surface area (Å²) in [6, 6.07) is 3.46. The molecular formula is C12H15FO2. The second kappa shape index (κ2) is 4.43. The summed E-state index contributed by atoms with van der Waals surface area (Å²) in [4.78, 5) is 10.7. The van der Waals surface area contributed by atoms with Crippen molar-refractivity contribution >= 4 is 5.97 Å². The molecule has 15 heavy (non-hydrogen) atoms. The summed E-state index contributed by atoms with van der Waals surface area (Å²) in [5.74, 6) is -1.73. The largest absolute Gasteiger partial charge is 0.481 e. The van der Waals surface area contributed by atoms with E-state index in [-0.39, 0.29) is 12.2 Å². The molecule has 0 aromatic heterocycles. The molecule has 0 saturated carbocycles. The maximum absolute atomic E-state index is 13.6. The Kier molecular flexibility index (Phi) is 3.45. The first kappa shape index (κ1) is 11.7. The van der Waals surface area contributed by atoms with E-state index >= 15 is 0 Å². The number of hydrogen-bond acceptors (Lipinski definition) is 1. The number of carbonyl (C=O) groups is 1. The Morgan fingerprint density at radius 1 is 1.47 bits per heavy atom. The molecule has 0 amide bonds. The van der Waals surface area contributed by atoms with Crippen molar-refractivity contribution in [1.29, 1.82) is 0 Å². The van der Waals surface area contributed by atoms with Crippen LogP contribution in [0.2, 0.25) is 0 Å². The molecule has 1 rings (SSSR count). The van der Waals surface area contributed by atoms with Crippen LogP contribution in [0.4, 0.5) is 4.39 Å². The molecule has 0 saturated heterocycles. The van der Waals surface area contributed by atoms with Crippen molar-refractivity contribution in [1.82, 2.24) is 0 Å². The lowest BCUT2D eigenvalue weighted by Gasteiger charge is -2.10. The number of benzene rings is 1. The molecule has 1 atom stereocenters. The van der Waals surface area contributed by atoms with Crippen LogP contribution < -0.4 is 0 Å². The minimum Gasteiger partial charge on any atom is -0.481 e. The molecule has 0 bridgehead atoms. The molecular weight excluding hydrogens is 195 g/mol. The number of halogens is 1. The highest BCUT2D eigenvalue weighted by Crippen LogP contribution is 2.18. The van der Waals surface area contributed by atoms with E-state index < -0.39 is 11.9 Å². The molecule has 0 fully saturated rings. The molecule has 0 spiro atoms. The average Bonchev–Trinajstić information content (AvgIpc) is 2.13. The van der Waals surface area contributed by atoms with E-state index in [0.717, 1.165) is 5.56 Å². The minimum atomic E-state index is -0.895. The summed E-state index contributed by atoms with van der Waals surface area (Å²) < 4.78 is 13.6. The lowest BCUT2D eigenvalue weighted by Crippen LogP contribution is -2.13. The van der Waals surface area contributed by atoms with E-state index in [9.17, 15) is 9.18 Å². The maximum atomic E-state index is 13.6. The highest BCUT2D eigenvalue weighted by molar-refractivity contribution is 5.69. The van der Waals surface area contributed by atoms with Gasteiger partial charge in [0.2, 0.25) is 0 Å². The highest BCUT2D eigenvalue weighted by atomic mass is 19.1. The van der Waals surface area contributed by atoms with Gasteiger partial charge in [-0.25, -0.2) is 4.39 Å². The summed E-state index contributed by atoms with van der Waals surface area (Å²) in [6.45, 7) is 5.15. The number of carboxylic acids is 1. The van der Waals surface area contributed by atoms with Crippen LogP contribution >= 0.6 is 0 Å². The number of carboxylic acid groups (broad SMARTS) is 1. The van der Waals surface area contributed by atoms with Crippen molar-refractivity contribution in [2.75, 3.05) is 0 Å². The first-order valence-electron chi connectivity index (χ1n) is 4.90. The first-order valence-corrected chi connectivity index (χ1v) is 4.90. The third kappa shape index (κ3) is 2.78. The zero-order chi connectivity index (χ0) is 11.6. The summed E-state index contributed by atoms with van der Waals surface area (Å²) in [6.07, 6.45) is 0.240. The second-order valence-corrected chi connectivity index (χ2v) is 4.00. The quantitative estimate of drug-likeness (QED) is 0.832. The Hall–Kier alpha value is -1.38. The van der Waals surface area contributed by atoms with Crippen LogP contribution in [0, 0.1) is 25.6 Å². The lowest BCUT2D eigenvalue weighted by atomic mass is 9.97. The van der Waals surface area contributed by atoms with Crippen molar-refractivity contribution in [3.8, 4) is 0 Å². The van der Waals surface area contributed by atoms with Crippen LogP contribution in [-0.4, -0.2) is 11.1 Å². The predicted octanol–water partition coefficient (Wildman–Crippen LogP) is 2.71. The lowest BCUT2D eigenvalue weighted by molar-refractivity contribution is -0.141. The van der Waals surface area contributed by atoms with Crippen molar-refractivity contribution in [3.05, 3.63) is 34.6 Å². The van der Waals surface area contributed by atoms with E-state index in [0.29, 0.717) is 11.1 Å². The molecule has 0 aliphatic carbocycles. The Bertz CT molecular complexity index is 385. The second-order valence-electron chi connectivity index (χ2n) is 4.00. The highest BCUT2D eigenvalue weighted by Gasteiger charge is 2.15. The van der Waals surface area contributed by atoms with Crippen molar-refractivity contribution in [3.63, 3.8) is 0 Å². The van der Waals surface area contributed by atoms with E-state index in [2.05, 4.69) is 0 Å². The molecule has 1 aromatic rings. The van der Waals surface area contributed by atoms with Crippen LogP contribution in [0.15, 0.2) is 12.1 Å². The summed E-state index contributed by atoms with van der Waals surface area (Å²) >= 11 is 0. The van der Waals surface area contributed by atoms with Gasteiger partial charge in [-0.1, -0.05) is 24.6 Å². The fourth-order valence-corrected chi connectivity index (χ4v) is 1.60. The third-order valence-corrected chi connectivity index (χ3v) is 2.42. The zero-order valence-electron chi connectivity index (χ0n) is 9.17. The molecule has 82 valence electrons. The van der Waals surface area contributed by atoms with Gasteiger partial charge in [-0.2, -0.15) is 0 Å². The predicted molar refractivity (Wildman–Crippen MR) is 56.4 cm³/mol. The third-order valence-electron chi connectivity index (χ3n) is 2.42. The van der Waals surface area contributed by atoms with Gasteiger partial charge in [0.25, 0.3) is 0 Å². The fraction of sp³-hybridized carbons (Fsp3) is 0.417.